The molecule has 1 aromatic heterocycles. The molecule has 3 rings (SSSR count). The van der Waals surface area contributed by atoms with E-state index in [2.05, 4.69) is 24.8 Å². The number of piperidine rings is 1. The maximum atomic E-state index is 13.2. The highest BCUT2D eigenvalue weighted by Gasteiger charge is 2.33. The molecular formula is C25H34N4O2S2. The number of carbonyl (C=O) groups is 1. The van der Waals surface area contributed by atoms with Gasteiger partial charge in [-0.3, -0.25) is 19.1 Å². The summed E-state index contributed by atoms with van der Waals surface area (Å²) in [4.78, 5) is 30.9. The van der Waals surface area contributed by atoms with Crippen LogP contribution in [0, 0.1) is 24.2 Å². The molecule has 2 fully saturated rings. The summed E-state index contributed by atoms with van der Waals surface area (Å²) in [6.45, 7) is 11.1. The summed E-state index contributed by atoms with van der Waals surface area (Å²) < 4.78 is 2.32. The van der Waals surface area contributed by atoms with Crippen LogP contribution in [0.5, 0.6) is 0 Å². The Hall–Kier alpha value is -2.11. The van der Waals surface area contributed by atoms with Crippen molar-refractivity contribution >= 4 is 46.1 Å². The van der Waals surface area contributed by atoms with Crippen molar-refractivity contribution in [3.8, 4) is 6.07 Å². The fraction of sp³-hybridized carbons (Fsp3) is 0.600. The second kappa shape index (κ2) is 11.3. The molecule has 2 aliphatic rings. The highest BCUT2D eigenvalue weighted by Crippen LogP contribution is 2.37. The summed E-state index contributed by atoms with van der Waals surface area (Å²) in [5.74, 6) is 1.40. The number of nitriles is 1. The third kappa shape index (κ3) is 5.36. The molecule has 0 radical (unpaired) electrons. The Morgan fingerprint density at radius 3 is 2.45 bits per heavy atom. The summed E-state index contributed by atoms with van der Waals surface area (Å²) in [5.41, 5.74) is 1.35. The van der Waals surface area contributed by atoms with Crippen molar-refractivity contribution in [3.63, 3.8) is 0 Å². The van der Waals surface area contributed by atoms with Gasteiger partial charge in [0.15, 0.2) is 0 Å². The summed E-state index contributed by atoms with van der Waals surface area (Å²) in [5, 5.41) is 9.77. The van der Waals surface area contributed by atoms with Crippen LogP contribution in [0.25, 0.3) is 6.08 Å². The van der Waals surface area contributed by atoms with E-state index in [4.69, 9.17) is 12.2 Å². The van der Waals surface area contributed by atoms with E-state index in [1.807, 2.05) is 19.9 Å². The maximum Gasteiger partial charge on any atom is 0.270 e. The van der Waals surface area contributed by atoms with Crippen LogP contribution in [0.4, 0.5) is 5.82 Å². The Morgan fingerprint density at radius 2 is 1.85 bits per heavy atom. The molecule has 8 heteroatoms. The SMILES string of the molecule is CCCCCN1C(=O)/C(=C\c2c(C)c(C#N)c(=O)n(CCC)c2N2CCC(C)CC2)SC1=S. The molecule has 0 bridgehead atoms. The number of anilines is 1. The second-order valence-corrected chi connectivity index (χ2v) is 10.7. The molecule has 178 valence electrons. The minimum Gasteiger partial charge on any atom is -0.357 e. The van der Waals surface area contributed by atoms with Gasteiger partial charge in [-0.1, -0.05) is 57.6 Å². The molecule has 1 aromatic rings. The van der Waals surface area contributed by atoms with Crippen LogP contribution in [0.15, 0.2) is 9.70 Å². The molecule has 6 nitrogen and oxygen atoms in total. The smallest absolute Gasteiger partial charge is 0.270 e. The molecule has 0 N–H and O–H groups in total. The number of amides is 1. The van der Waals surface area contributed by atoms with Crippen LogP contribution < -0.4 is 10.5 Å². The van der Waals surface area contributed by atoms with Crippen LogP contribution >= 0.6 is 24.0 Å². The van der Waals surface area contributed by atoms with Crippen LogP contribution in [0.3, 0.4) is 0 Å². The van der Waals surface area contributed by atoms with Crippen molar-refractivity contribution in [1.82, 2.24) is 9.47 Å². The Kier molecular flexibility index (Phi) is 8.77. The first kappa shape index (κ1) is 25.5. The Morgan fingerprint density at radius 1 is 1.15 bits per heavy atom. The lowest BCUT2D eigenvalue weighted by Crippen LogP contribution is -2.39. The lowest BCUT2D eigenvalue weighted by molar-refractivity contribution is -0.122. The number of hydrogen-bond acceptors (Lipinski definition) is 6. The zero-order valence-corrected chi connectivity index (χ0v) is 21.8. The molecule has 1 amide bonds. The Labute approximate surface area is 206 Å². The first-order valence-electron chi connectivity index (χ1n) is 12.0. The molecule has 3 heterocycles. The topological polar surface area (TPSA) is 69.3 Å². The summed E-state index contributed by atoms with van der Waals surface area (Å²) in [7, 11) is 0. The number of aromatic nitrogens is 1. The van der Waals surface area contributed by atoms with E-state index in [9.17, 15) is 14.9 Å². The van der Waals surface area contributed by atoms with E-state index >= 15 is 0 Å². The van der Waals surface area contributed by atoms with Gasteiger partial charge in [-0.2, -0.15) is 5.26 Å². The van der Waals surface area contributed by atoms with Gasteiger partial charge < -0.3 is 4.90 Å². The number of unbranched alkanes of at least 4 members (excludes halogenated alkanes) is 2. The molecule has 0 saturated carbocycles. The van der Waals surface area contributed by atoms with Gasteiger partial charge in [-0.25, -0.2) is 0 Å². The van der Waals surface area contributed by atoms with E-state index in [0.717, 1.165) is 63.0 Å². The molecule has 0 unspecified atom stereocenters. The van der Waals surface area contributed by atoms with Gasteiger partial charge in [0.2, 0.25) is 0 Å². The van der Waals surface area contributed by atoms with Crippen molar-refractivity contribution in [2.24, 2.45) is 5.92 Å². The second-order valence-electron chi connectivity index (χ2n) is 9.02. The van der Waals surface area contributed by atoms with Crippen molar-refractivity contribution < 1.29 is 4.79 Å². The number of thiocarbonyl (C=S) groups is 1. The number of pyridine rings is 1. The van der Waals surface area contributed by atoms with E-state index < -0.39 is 0 Å². The van der Waals surface area contributed by atoms with E-state index in [0.29, 0.717) is 33.8 Å². The van der Waals surface area contributed by atoms with Gasteiger partial charge in [0.1, 0.15) is 21.8 Å². The molecule has 0 aliphatic carbocycles. The Balaban J connectivity index is 2.13. The summed E-state index contributed by atoms with van der Waals surface area (Å²) >= 11 is 6.83. The van der Waals surface area contributed by atoms with Gasteiger partial charge in [-0.05, 0) is 50.2 Å². The van der Waals surface area contributed by atoms with Gasteiger partial charge >= 0.3 is 0 Å². The average Bonchev–Trinajstić information content (AvgIpc) is 3.06. The zero-order valence-electron chi connectivity index (χ0n) is 20.1. The van der Waals surface area contributed by atoms with Gasteiger partial charge in [0, 0.05) is 31.7 Å². The molecular weight excluding hydrogens is 452 g/mol. The van der Waals surface area contributed by atoms with Crippen molar-refractivity contribution in [3.05, 3.63) is 31.9 Å². The quantitative estimate of drug-likeness (QED) is 0.290. The highest BCUT2D eigenvalue weighted by atomic mass is 32.2. The number of thioether (sulfide) groups is 1. The molecule has 0 spiro atoms. The highest BCUT2D eigenvalue weighted by molar-refractivity contribution is 8.26. The number of rotatable bonds is 8. The molecule has 0 atom stereocenters. The van der Waals surface area contributed by atoms with Crippen molar-refractivity contribution in [2.75, 3.05) is 24.5 Å². The van der Waals surface area contributed by atoms with Crippen LogP contribution in [-0.4, -0.2) is 39.3 Å². The fourth-order valence-electron chi connectivity index (χ4n) is 4.48. The van der Waals surface area contributed by atoms with E-state index in [1.54, 1.807) is 9.47 Å². The Bertz CT molecular complexity index is 1050. The normalized spacial score (nSPS) is 18.5. The molecule has 2 saturated heterocycles. The predicted octanol–water partition coefficient (Wildman–Crippen LogP) is 5.07. The van der Waals surface area contributed by atoms with Crippen LogP contribution in [-0.2, 0) is 11.3 Å². The van der Waals surface area contributed by atoms with Crippen LogP contribution in [0.1, 0.15) is 76.0 Å². The minimum atomic E-state index is -0.241. The van der Waals surface area contributed by atoms with Crippen molar-refractivity contribution in [1.29, 1.82) is 5.26 Å². The minimum absolute atomic E-state index is 0.0783. The maximum absolute atomic E-state index is 13.2. The number of nitrogens with zero attached hydrogens (tertiary/aromatic N) is 4. The van der Waals surface area contributed by atoms with Crippen molar-refractivity contribution in [2.45, 2.75) is 72.8 Å². The number of hydrogen-bond donors (Lipinski definition) is 0. The van der Waals surface area contributed by atoms with E-state index in [-0.39, 0.29) is 17.0 Å². The molecule has 0 aromatic carbocycles. The summed E-state index contributed by atoms with van der Waals surface area (Å²) in [6, 6.07) is 2.12. The lowest BCUT2D eigenvalue weighted by Gasteiger charge is -2.35. The first-order chi connectivity index (χ1) is 15.8. The average molecular weight is 487 g/mol. The largest absolute Gasteiger partial charge is 0.357 e. The lowest BCUT2D eigenvalue weighted by atomic mass is 9.97. The van der Waals surface area contributed by atoms with Gasteiger partial charge in [0.05, 0.1) is 4.91 Å². The first-order valence-corrected chi connectivity index (χ1v) is 13.2. The van der Waals surface area contributed by atoms with Gasteiger partial charge in [-0.15, -0.1) is 0 Å². The van der Waals surface area contributed by atoms with E-state index in [1.165, 1.54) is 11.8 Å². The monoisotopic (exact) mass is 486 g/mol. The molecule has 2 aliphatic heterocycles. The number of carbonyl (C=O) groups excluding carboxylic acids is 1. The fourth-order valence-corrected chi connectivity index (χ4v) is 5.77. The van der Waals surface area contributed by atoms with Gasteiger partial charge in [0.25, 0.3) is 11.5 Å². The van der Waals surface area contributed by atoms with Crippen LogP contribution in [0.2, 0.25) is 0 Å². The third-order valence-electron chi connectivity index (χ3n) is 6.51. The predicted molar refractivity (Wildman–Crippen MR) is 140 cm³/mol. The zero-order chi connectivity index (χ0) is 24.1. The molecule has 33 heavy (non-hydrogen) atoms. The standard InChI is InChI=1S/C25H34N4O2S2/c1-5-7-8-12-29-24(31)21(33-25(29)32)15-19-18(4)20(16-26)23(30)28(11-6-2)22(19)27-13-9-17(3)10-14-27/h15,17H,5-14H2,1-4H3/b21-15+. The third-order valence-corrected chi connectivity index (χ3v) is 7.89. The summed E-state index contributed by atoms with van der Waals surface area (Å²) in [6.07, 6.45) is 7.82.